The smallest absolute Gasteiger partial charge is 0.404 e. The lowest BCUT2D eigenvalue weighted by molar-refractivity contribution is 0.142. The van der Waals surface area contributed by atoms with Gasteiger partial charge in [0.15, 0.2) is 5.65 Å². The van der Waals surface area contributed by atoms with Crippen molar-refractivity contribution in [1.29, 1.82) is 0 Å². The quantitative estimate of drug-likeness (QED) is 0.475. The van der Waals surface area contributed by atoms with Crippen molar-refractivity contribution >= 4 is 44.6 Å². The van der Waals surface area contributed by atoms with E-state index in [1.54, 1.807) is 30.3 Å². The summed E-state index contributed by atoms with van der Waals surface area (Å²) >= 11 is 6.25. The number of hydrogen-bond donors (Lipinski definition) is 2. The Bertz CT molecular complexity index is 1340. The van der Waals surface area contributed by atoms with Crippen LogP contribution in [0.25, 0.3) is 11.0 Å². The number of carbonyl (C=O) groups is 1. The van der Waals surface area contributed by atoms with Gasteiger partial charge in [0, 0.05) is 25.3 Å². The third-order valence-electron chi connectivity index (χ3n) is 6.56. The van der Waals surface area contributed by atoms with Crippen LogP contribution in [0.15, 0.2) is 41.4 Å². The van der Waals surface area contributed by atoms with Crippen LogP contribution in [0.3, 0.4) is 0 Å². The number of aryl methyl sites for hydroxylation is 1. The van der Waals surface area contributed by atoms with Crippen molar-refractivity contribution in [2.24, 2.45) is 11.3 Å². The number of fused-ring (bicyclic) bond motifs is 1. The number of hydrogen-bond acceptors (Lipinski definition) is 6. The van der Waals surface area contributed by atoms with E-state index in [0.717, 1.165) is 22.4 Å². The Labute approximate surface area is 210 Å². The van der Waals surface area contributed by atoms with Gasteiger partial charge in [0.25, 0.3) is 10.0 Å². The molecule has 0 radical (unpaired) electrons. The van der Waals surface area contributed by atoms with Gasteiger partial charge < -0.3 is 15.3 Å². The van der Waals surface area contributed by atoms with Gasteiger partial charge in [-0.2, -0.15) is 9.97 Å². The Balaban J connectivity index is 1.64. The fraction of sp³-hybridized carbons (Fsp3) is 0.458. The summed E-state index contributed by atoms with van der Waals surface area (Å²) in [6.07, 6.45) is 1.97. The molecule has 0 spiro atoms. The SMILES string of the molecule is Cc1ccc(S(=O)(=O)n2ccc3c(N4CCC(C(NC(=O)O)C(C)(C)C)CC4)nc(Cl)nc32)cc1. The molecule has 188 valence electrons. The summed E-state index contributed by atoms with van der Waals surface area (Å²) in [5.74, 6) is 0.747. The second kappa shape index (κ2) is 9.31. The number of nitrogens with zero attached hydrogens (tertiary/aromatic N) is 4. The molecule has 4 rings (SSSR count). The number of carboxylic acid groups (broad SMARTS) is 1. The van der Waals surface area contributed by atoms with Gasteiger partial charge in [-0.3, -0.25) is 0 Å². The lowest BCUT2D eigenvalue weighted by Crippen LogP contribution is -2.51. The van der Waals surface area contributed by atoms with Crippen LogP contribution in [0, 0.1) is 18.3 Å². The second-order valence-electron chi connectivity index (χ2n) is 10.1. The highest BCUT2D eigenvalue weighted by Gasteiger charge is 2.36. The van der Waals surface area contributed by atoms with E-state index in [0.29, 0.717) is 24.3 Å². The number of rotatable bonds is 5. The average Bonchev–Trinajstić information content (AvgIpc) is 3.21. The van der Waals surface area contributed by atoms with Crippen LogP contribution in [0.4, 0.5) is 10.6 Å². The topological polar surface area (TPSA) is 117 Å². The summed E-state index contributed by atoms with van der Waals surface area (Å²) in [6, 6.07) is 8.16. The van der Waals surface area contributed by atoms with Crippen LogP contribution >= 0.6 is 11.6 Å². The largest absolute Gasteiger partial charge is 0.465 e. The first-order chi connectivity index (χ1) is 16.4. The number of halogens is 1. The van der Waals surface area contributed by atoms with Crippen LogP contribution in [0.5, 0.6) is 0 Å². The molecule has 35 heavy (non-hydrogen) atoms. The third-order valence-corrected chi connectivity index (χ3v) is 8.41. The lowest BCUT2D eigenvalue weighted by atomic mass is 9.75. The fourth-order valence-corrected chi connectivity index (χ4v) is 6.28. The molecule has 1 aliphatic rings. The van der Waals surface area contributed by atoms with E-state index in [4.69, 9.17) is 11.6 Å². The van der Waals surface area contributed by atoms with Crippen LogP contribution < -0.4 is 10.2 Å². The van der Waals surface area contributed by atoms with Crippen molar-refractivity contribution in [2.45, 2.75) is 51.5 Å². The maximum absolute atomic E-state index is 13.3. The first-order valence-electron chi connectivity index (χ1n) is 11.5. The molecule has 1 aromatic carbocycles. The van der Waals surface area contributed by atoms with Crippen molar-refractivity contribution in [3.05, 3.63) is 47.4 Å². The Morgan fingerprint density at radius 3 is 2.34 bits per heavy atom. The van der Waals surface area contributed by atoms with Gasteiger partial charge in [-0.1, -0.05) is 38.5 Å². The molecule has 3 heterocycles. The van der Waals surface area contributed by atoms with Crippen molar-refractivity contribution in [1.82, 2.24) is 19.3 Å². The summed E-state index contributed by atoms with van der Waals surface area (Å²) in [5, 5.41) is 12.6. The van der Waals surface area contributed by atoms with Crippen molar-refractivity contribution < 1.29 is 18.3 Å². The molecule has 1 fully saturated rings. The number of piperidine rings is 1. The Morgan fingerprint density at radius 2 is 1.77 bits per heavy atom. The Kier molecular flexibility index (Phi) is 6.72. The zero-order chi connectivity index (χ0) is 25.5. The zero-order valence-electron chi connectivity index (χ0n) is 20.2. The maximum Gasteiger partial charge on any atom is 0.404 e. The molecule has 9 nitrogen and oxygen atoms in total. The number of aromatic nitrogens is 3. The lowest BCUT2D eigenvalue weighted by Gasteiger charge is -2.41. The molecule has 1 amide bonds. The van der Waals surface area contributed by atoms with Gasteiger partial charge in [0.2, 0.25) is 5.28 Å². The summed E-state index contributed by atoms with van der Waals surface area (Å²) < 4.78 is 27.8. The molecule has 1 saturated heterocycles. The number of nitrogens with one attached hydrogen (secondary N) is 1. The van der Waals surface area contributed by atoms with Crippen LogP contribution in [-0.4, -0.2) is 52.7 Å². The van der Waals surface area contributed by atoms with E-state index in [2.05, 4.69) is 20.2 Å². The summed E-state index contributed by atoms with van der Waals surface area (Å²) in [4.78, 5) is 22.3. The number of benzene rings is 1. The van der Waals surface area contributed by atoms with Crippen molar-refractivity contribution in [3.63, 3.8) is 0 Å². The van der Waals surface area contributed by atoms with Gasteiger partial charge in [0.1, 0.15) is 5.82 Å². The molecule has 2 aromatic heterocycles. The normalized spacial score (nSPS) is 16.4. The minimum Gasteiger partial charge on any atom is -0.465 e. The molecular weight excluding hydrogens is 490 g/mol. The standard InChI is InChI=1S/C24H30ClN5O4S/c1-15-5-7-17(8-6-15)35(33,34)30-14-11-18-20(27-22(25)28-21(18)30)29-12-9-16(10-13-29)19(24(2,3)4)26-23(31)32/h5-8,11,14,16,19,26H,9-10,12-13H2,1-4H3,(H,31,32). The minimum atomic E-state index is -3.87. The van der Waals surface area contributed by atoms with Gasteiger partial charge in [-0.25, -0.2) is 17.2 Å². The molecule has 3 aromatic rings. The van der Waals surface area contributed by atoms with Gasteiger partial charge in [-0.05, 0) is 60.9 Å². The van der Waals surface area contributed by atoms with Gasteiger partial charge in [-0.15, -0.1) is 0 Å². The second-order valence-corrected chi connectivity index (χ2v) is 12.3. The molecule has 11 heteroatoms. The molecule has 0 aliphatic carbocycles. The van der Waals surface area contributed by atoms with Gasteiger partial charge >= 0.3 is 6.09 Å². The Hall–Kier alpha value is -2.85. The average molecular weight is 520 g/mol. The first-order valence-corrected chi connectivity index (χ1v) is 13.3. The molecule has 2 N–H and O–H groups in total. The summed E-state index contributed by atoms with van der Waals surface area (Å²) in [6.45, 7) is 9.26. The highest BCUT2D eigenvalue weighted by molar-refractivity contribution is 7.90. The van der Waals surface area contributed by atoms with Crippen LogP contribution in [0.2, 0.25) is 5.28 Å². The zero-order valence-corrected chi connectivity index (χ0v) is 21.8. The Morgan fingerprint density at radius 1 is 1.14 bits per heavy atom. The summed E-state index contributed by atoms with van der Waals surface area (Å²) in [7, 11) is -3.87. The van der Waals surface area contributed by atoms with Gasteiger partial charge in [0.05, 0.1) is 10.3 Å². The van der Waals surface area contributed by atoms with E-state index < -0.39 is 16.1 Å². The molecule has 1 atom stereocenters. The maximum atomic E-state index is 13.3. The van der Waals surface area contributed by atoms with Crippen molar-refractivity contribution in [2.75, 3.05) is 18.0 Å². The molecule has 0 bridgehead atoms. The predicted octanol–water partition coefficient (Wildman–Crippen LogP) is 4.53. The fourth-order valence-electron chi connectivity index (χ4n) is 4.83. The molecule has 1 aliphatic heterocycles. The predicted molar refractivity (Wildman–Crippen MR) is 136 cm³/mol. The van der Waals surface area contributed by atoms with E-state index in [-0.39, 0.29) is 33.2 Å². The minimum absolute atomic E-state index is 0.0335. The first kappa shape index (κ1) is 25.2. The highest BCUT2D eigenvalue weighted by Crippen LogP contribution is 2.35. The van der Waals surface area contributed by atoms with E-state index in [1.807, 2.05) is 27.7 Å². The number of amides is 1. The van der Waals surface area contributed by atoms with Crippen LogP contribution in [0.1, 0.15) is 39.2 Å². The molecule has 1 unspecified atom stereocenters. The molecular formula is C24H30ClN5O4S. The van der Waals surface area contributed by atoms with E-state index >= 15 is 0 Å². The third kappa shape index (κ3) is 5.08. The monoisotopic (exact) mass is 519 g/mol. The number of anilines is 1. The van der Waals surface area contributed by atoms with E-state index in [9.17, 15) is 18.3 Å². The van der Waals surface area contributed by atoms with Crippen molar-refractivity contribution in [3.8, 4) is 0 Å². The highest BCUT2D eigenvalue weighted by atomic mass is 35.5. The van der Waals surface area contributed by atoms with E-state index in [1.165, 1.54) is 6.20 Å². The molecule has 0 saturated carbocycles. The summed E-state index contributed by atoms with van der Waals surface area (Å²) in [5.41, 5.74) is 0.964. The van der Waals surface area contributed by atoms with Crippen LogP contribution in [-0.2, 0) is 10.0 Å².